The second kappa shape index (κ2) is 9.09. The molecule has 1 aliphatic rings. The van der Waals surface area contributed by atoms with Crippen molar-refractivity contribution in [3.8, 4) is 17.2 Å². The van der Waals surface area contributed by atoms with Crippen molar-refractivity contribution in [3.63, 3.8) is 0 Å². The molecule has 4 aromatic rings. The van der Waals surface area contributed by atoms with Gasteiger partial charge >= 0.3 is 17.5 Å². The summed E-state index contributed by atoms with van der Waals surface area (Å²) in [6.07, 6.45) is 0.808. The van der Waals surface area contributed by atoms with Crippen molar-refractivity contribution >= 4 is 5.91 Å². The third-order valence-electron chi connectivity index (χ3n) is 6.01. The van der Waals surface area contributed by atoms with Gasteiger partial charge in [0, 0.05) is 25.6 Å². The predicted molar refractivity (Wildman–Crippen MR) is 123 cm³/mol. The van der Waals surface area contributed by atoms with E-state index in [1.165, 1.54) is 24.3 Å². The lowest BCUT2D eigenvalue weighted by Crippen LogP contribution is -2.41. The van der Waals surface area contributed by atoms with Crippen molar-refractivity contribution < 1.29 is 13.7 Å². The molecule has 0 radical (unpaired) electrons. The maximum atomic E-state index is 13.4. The van der Waals surface area contributed by atoms with Crippen LogP contribution in [-0.4, -0.2) is 48.4 Å². The zero-order valence-electron chi connectivity index (χ0n) is 18.8. The maximum absolute atomic E-state index is 13.4. The molecule has 178 valence electrons. The quantitative estimate of drug-likeness (QED) is 0.434. The summed E-state index contributed by atoms with van der Waals surface area (Å²) < 4.78 is 20.4. The molecular weight excluding hydrogens is 455 g/mol. The van der Waals surface area contributed by atoms with Gasteiger partial charge in [-0.25, -0.2) is 9.18 Å². The Kier molecular flexibility index (Phi) is 5.81. The van der Waals surface area contributed by atoms with Gasteiger partial charge in [0.25, 0.3) is 5.56 Å². The zero-order valence-corrected chi connectivity index (χ0v) is 18.8. The fourth-order valence-corrected chi connectivity index (χ4v) is 4.17. The van der Waals surface area contributed by atoms with Crippen molar-refractivity contribution in [2.24, 2.45) is 0 Å². The summed E-state index contributed by atoms with van der Waals surface area (Å²) in [7, 11) is 0. The second-order valence-corrected chi connectivity index (χ2v) is 8.14. The average Bonchev–Trinajstić information content (AvgIpc) is 3.56. The van der Waals surface area contributed by atoms with Crippen molar-refractivity contribution in [1.82, 2.24) is 29.4 Å². The highest BCUT2D eigenvalue weighted by atomic mass is 19.1. The van der Waals surface area contributed by atoms with Gasteiger partial charge < -0.3 is 9.42 Å². The molecule has 0 N–H and O–H groups in total. The summed E-state index contributed by atoms with van der Waals surface area (Å²) in [4.78, 5) is 44.4. The van der Waals surface area contributed by atoms with E-state index in [-0.39, 0.29) is 35.6 Å². The van der Waals surface area contributed by atoms with Crippen molar-refractivity contribution in [2.75, 3.05) is 13.1 Å². The minimum atomic E-state index is -0.721. The minimum absolute atomic E-state index is 0.0622. The highest BCUT2D eigenvalue weighted by Crippen LogP contribution is 2.28. The molecular formula is C24H21FN6O4. The number of carbonyl (C=O) groups excluding carboxylic acids is 1. The van der Waals surface area contributed by atoms with Gasteiger partial charge in [-0.3, -0.25) is 14.2 Å². The molecule has 1 atom stereocenters. The van der Waals surface area contributed by atoms with Gasteiger partial charge in [-0.1, -0.05) is 35.5 Å². The molecule has 3 heterocycles. The fraction of sp³-hybridized carbons (Fsp3) is 0.250. The first-order chi connectivity index (χ1) is 17.0. The van der Waals surface area contributed by atoms with Crippen LogP contribution in [0.15, 0.2) is 68.7 Å². The van der Waals surface area contributed by atoms with E-state index in [0.717, 1.165) is 21.2 Å². The Morgan fingerprint density at radius 1 is 1.11 bits per heavy atom. The Labute approximate surface area is 198 Å². The van der Waals surface area contributed by atoms with Gasteiger partial charge in [-0.05, 0) is 43.2 Å². The van der Waals surface area contributed by atoms with Crippen LogP contribution in [0.25, 0.3) is 17.2 Å². The first-order valence-corrected chi connectivity index (χ1v) is 11.1. The first-order valence-electron chi connectivity index (χ1n) is 11.1. The molecule has 11 heteroatoms. The normalized spacial score (nSPS) is 15.5. The molecule has 0 aliphatic carbocycles. The van der Waals surface area contributed by atoms with E-state index in [0.29, 0.717) is 13.1 Å². The summed E-state index contributed by atoms with van der Waals surface area (Å²) in [5.74, 6) is -1.19. The SMILES string of the molecule is CCn1c(=O)c(-c2noc(C(=O)N3CC[C@@H](c4ccccc4)C3)n2)nn(-c2ccc(F)cc2)c1=O. The van der Waals surface area contributed by atoms with Gasteiger partial charge in [-0.15, -0.1) is 0 Å². The van der Waals surface area contributed by atoms with Crippen LogP contribution in [-0.2, 0) is 6.54 Å². The first kappa shape index (κ1) is 22.4. The van der Waals surface area contributed by atoms with E-state index in [1.807, 2.05) is 30.3 Å². The van der Waals surface area contributed by atoms with Crippen LogP contribution in [0.1, 0.15) is 35.5 Å². The van der Waals surface area contributed by atoms with Crippen LogP contribution < -0.4 is 11.2 Å². The number of rotatable bonds is 5. The molecule has 0 unspecified atom stereocenters. The smallest absolute Gasteiger partial charge is 0.334 e. The van der Waals surface area contributed by atoms with E-state index in [2.05, 4.69) is 15.2 Å². The topological polar surface area (TPSA) is 116 Å². The van der Waals surface area contributed by atoms with E-state index in [9.17, 15) is 18.8 Å². The zero-order chi connectivity index (χ0) is 24.5. The number of nitrogens with zero attached hydrogens (tertiary/aromatic N) is 6. The fourth-order valence-electron chi connectivity index (χ4n) is 4.17. The summed E-state index contributed by atoms with van der Waals surface area (Å²) in [5.41, 5.74) is -0.273. The molecule has 35 heavy (non-hydrogen) atoms. The Morgan fingerprint density at radius 3 is 2.57 bits per heavy atom. The third-order valence-corrected chi connectivity index (χ3v) is 6.01. The summed E-state index contributed by atoms with van der Waals surface area (Å²) in [5, 5.41) is 7.90. The van der Waals surface area contributed by atoms with Crippen LogP contribution in [0.4, 0.5) is 4.39 Å². The molecule has 2 aromatic carbocycles. The average molecular weight is 476 g/mol. The van der Waals surface area contributed by atoms with E-state index >= 15 is 0 Å². The van der Waals surface area contributed by atoms with E-state index in [1.54, 1.807) is 11.8 Å². The van der Waals surface area contributed by atoms with Gasteiger partial charge in [0.05, 0.1) is 5.69 Å². The standard InChI is InChI=1S/C24H21FN6O4/c1-2-30-22(32)19(27-31(24(30)34)18-10-8-17(25)9-11-18)20-26-21(35-28-20)23(33)29-13-12-16(14-29)15-6-4-3-5-7-15/h3-11,16H,2,12-14H2,1H3/t16-/m1/s1. The Hall–Kier alpha value is -4.41. The van der Waals surface area contributed by atoms with E-state index in [4.69, 9.17) is 4.52 Å². The molecule has 0 saturated carbocycles. The molecule has 1 aliphatic heterocycles. The van der Waals surface area contributed by atoms with Crippen LogP contribution >= 0.6 is 0 Å². The number of hydrogen-bond donors (Lipinski definition) is 0. The second-order valence-electron chi connectivity index (χ2n) is 8.14. The maximum Gasteiger partial charge on any atom is 0.352 e. The number of hydrogen-bond acceptors (Lipinski definition) is 7. The number of aromatic nitrogens is 5. The van der Waals surface area contributed by atoms with E-state index < -0.39 is 23.0 Å². The molecule has 10 nitrogen and oxygen atoms in total. The molecule has 5 rings (SSSR count). The van der Waals surface area contributed by atoms with Crippen LogP contribution in [0.5, 0.6) is 0 Å². The van der Waals surface area contributed by atoms with Gasteiger partial charge in [0.1, 0.15) is 5.82 Å². The highest BCUT2D eigenvalue weighted by molar-refractivity contribution is 5.90. The molecule has 0 bridgehead atoms. The number of carbonyl (C=O) groups is 1. The number of benzene rings is 2. The predicted octanol–water partition coefficient (Wildman–Crippen LogP) is 2.23. The van der Waals surface area contributed by atoms with Crippen molar-refractivity contribution in [3.05, 3.63) is 92.7 Å². The Morgan fingerprint density at radius 2 is 1.86 bits per heavy atom. The van der Waals surface area contributed by atoms with Gasteiger partial charge in [-0.2, -0.15) is 14.8 Å². The van der Waals surface area contributed by atoms with Crippen molar-refractivity contribution in [2.45, 2.75) is 25.8 Å². The summed E-state index contributed by atoms with van der Waals surface area (Å²) in [6, 6.07) is 15.0. The molecule has 2 aromatic heterocycles. The number of amides is 1. The molecule has 0 spiro atoms. The Bertz CT molecular complexity index is 1490. The lowest BCUT2D eigenvalue weighted by Gasteiger charge is -2.14. The highest BCUT2D eigenvalue weighted by Gasteiger charge is 2.31. The lowest BCUT2D eigenvalue weighted by atomic mass is 9.99. The third kappa shape index (κ3) is 4.16. The van der Waals surface area contributed by atoms with Crippen molar-refractivity contribution in [1.29, 1.82) is 0 Å². The monoisotopic (exact) mass is 476 g/mol. The molecule has 1 amide bonds. The van der Waals surface area contributed by atoms with Gasteiger partial charge in [0.15, 0.2) is 5.69 Å². The van der Waals surface area contributed by atoms with Crippen LogP contribution in [0.3, 0.4) is 0 Å². The lowest BCUT2D eigenvalue weighted by molar-refractivity contribution is 0.0741. The number of halogens is 1. The molecule has 1 saturated heterocycles. The summed E-state index contributed by atoms with van der Waals surface area (Å²) in [6.45, 7) is 2.74. The van der Waals surface area contributed by atoms with Gasteiger partial charge in [0.2, 0.25) is 5.82 Å². The van der Waals surface area contributed by atoms with Crippen LogP contribution in [0, 0.1) is 5.82 Å². The largest absolute Gasteiger partial charge is 0.352 e. The minimum Gasteiger partial charge on any atom is -0.334 e. The molecule has 1 fully saturated rings. The number of likely N-dealkylation sites (tertiary alicyclic amines) is 1. The van der Waals surface area contributed by atoms with Crippen LogP contribution in [0.2, 0.25) is 0 Å². The Balaban J connectivity index is 1.46. The summed E-state index contributed by atoms with van der Waals surface area (Å²) >= 11 is 0.